The van der Waals surface area contributed by atoms with Crippen molar-refractivity contribution in [1.82, 2.24) is 5.32 Å². The lowest BCUT2D eigenvalue weighted by Gasteiger charge is -2.28. The van der Waals surface area contributed by atoms with E-state index in [2.05, 4.69) is 5.32 Å². The molecule has 1 amide bonds. The van der Waals surface area contributed by atoms with E-state index in [9.17, 15) is 9.59 Å². The predicted molar refractivity (Wildman–Crippen MR) is 79.4 cm³/mol. The number of hydrogen-bond donors (Lipinski definition) is 1. The first-order chi connectivity index (χ1) is 10.5. The lowest BCUT2D eigenvalue weighted by molar-refractivity contribution is -0.152. The van der Waals surface area contributed by atoms with E-state index in [1.807, 2.05) is 18.2 Å². The average Bonchev–Trinajstić information content (AvgIpc) is 3.08. The van der Waals surface area contributed by atoms with E-state index >= 15 is 0 Å². The standard InChI is InChI=1S/C16H21NO5/c1-16(15(19)20-2,11-22-13-6-4-3-5-7-13)17-14(18)12-8-9-21-10-12/h3-7,12H,8-11H2,1-2H3,(H,17,18)/t12-,16+/m0/s1. The first kappa shape index (κ1) is 16.3. The number of hydrogen-bond acceptors (Lipinski definition) is 5. The Bertz CT molecular complexity index is 513. The molecule has 6 heteroatoms. The molecule has 1 aromatic carbocycles. The van der Waals surface area contributed by atoms with Gasteiger partial charge in [0.2, 0.25) is 5.91 Å². The molecule has 0 aliphatic carbocycles. The second kappa shape index (κ2) is 7.26. The summed E-state index contributed by atoms with van der Waals surface area (Å²) >= 11 is 0. The summed E-state index contributed by atoms with van der Waals surface area (Å²) in [6, 6.07) is 9.10. The number of rotatable bonds is 6. The number of amides is 1. The smallest absolute Gasteiger partial charge is 0.334 e. The summed E-state index contributed by atoms with van der Waals surface area (Å²) in [6.07, 6.45) is 0.655. The fourth-order valence-electron chi connectivity index (χ4n) is 2.23. The van der Waals surface area contributed by atoms with Crippen LogP contribution in [0.3, 0.4) is 0 Å². The highest BCUT2D eigenvalue weighted by molar-refractivity contribution is 5.89. The summed E-state index contributed by atoms with van der Waals surface area (Å²) in [6.45, 7) is 2.52. The quantitative estimate of drug-likeness (QED) is 0.798. The fraction of sp³-hybridized carbons (Fsp3) is 0.500. The normalized spacial score (nSPS) is 20.0. The molecular weight excluding hydrogens is 286 g/mol. The molecule has 2 atom stereocenters. The summed E-state index contributed by atoms with van der Waals surface area (Å²) in [5.41, 5.74) is -1.25. The van der Waals surface area contributed by atoms with Crippen molar-refractivity contribution in [3.63, 3.8) is 0 Å². The van der Waals surface area contributed by atoms with Gasteiger partial charge in [-0.15, -0.1) is 0 Å². The Balaban J connectivity index is 2.02. The minimum atomic E-state index is -1.25. The number of esters is 1. The first-order valence-corrected chi connectivity index (χ1v) is 7.21. The van der Waals surface area contributed by atoms with E-state index in [1.54, 1.807) is 19.1 Å². The zero-order valence-electron chi connectivity index (χ0n) is 12.8. The SMILES string of the molecule is COC(=O)[C@@](C)(COc1ccccc1)NC(=O)[C@H]1CCOC1. The van der Waals surface area contributed by atoms with Gasteiger partial charge >= 0.3 is 5.97 Å². The van der Waals surface area contributed by atoms with Gasteiger partial charge < -0.3 is 19.5 Å². The number of nitrogens with one attached hydrogen (secondary N) is 1. The summed E-state index contributed by atoms with van der Waals surface area (Å²) in [4.78, 5) is 24.3. The van der Waals surface area contributed by atoms with Crippen molar-refractivity contribution in [2.24, 2.45) is 5.92 Å². The van der Waals surface area contributed by atoms with Gasteiger partial charge in [-0.3, -0.25) is 4.79 Å². The molecule has 2 rings (SSSR count). The third kappa shape index (κ3) is 3.98. The number of carbonyl (C=O) groups is 2. The van der Waals surface area contributed by atoms with Crippen LogP contribution in [-0.2, 0) is 19.1 Å². The molecular formula is C16H21NO5. The van der Waals surface area contributed by atoms with Gasteiger partial charge in [0.25, 0.3) is 0 Å². The van der Waals surface area contributed by atoms with Crippen LogP contribution in [0.4, 0.5) is 0 Å². The van der Waals surface area contributed by atoms with Crippen molar-refractivity contribution >= 4 is 11.9 Å². The molecule has 1 aliphatic rings. The van der Waals surface area contributed by atoms with Crippen LogP contribution in [0.15, 0.2) is 30.3 Å². The third-order valence-corrected chi connectivity index (χ3v) is 3.61. The van der Waals surface area contributed by atoms with Crippen molar-refractivity contribution in [3.05, 3.63) is 30.3 Å². The number of methoxy groups -OCH3 is 1. The first-order valence-electron chi connectivity index (χ1n) is 7.21. The van der Waals surface area contributed by atoms with Gasteiger partial charge in [-0.1, -0.05) is 18.2 Å². The minimum absolute atomic E-state index is 0.0109. The maximum Gasteiger partial charge on any atom is 0.334 e. The lowest BCUT2D eigenvalue weighted by Crippen LogP contribution is -2.58. The predicted octanol–water partition coefficient (Wildman–Crippen LogP) is 1.15. The van der Waals surface area contributed by atoms with Crippen molar-refractivity contribution in [2.45, 2.75) is 18.9 Å². The Hall–Kier alpha value is -2.08. The molecule has 0 unspecified atom stereocenters. The topological polar surface area (TPSA) is 73.9 Å². The molecule has 0 bridgehead atoms. The van der Waals surface area contributed by atoms with Crippen LogP contribution in [0, 0.1) is 5.92 Å². The molecule has 1 heterocycles. The highest BCUT2D eigenvalue weighted by Gasteiger charge is 2.39. The van der Waals surface area contributed by atoms with Crippen LogP contribution in [0.25, 0.3) is 0 Å². The molecule has 0 radical (unpaired) electrons. The molecule has 1 aliphatic heterocycles. The Labute approximate surface area is 129 Å². The molecule has 22 heavy (non-hydrogen) atoms. The second-order valence-electron chi connectivity index (χ2n) is 5.48. The monoisotopic (exact) mass is 307 g/mol. The van der Waals surface area contributed by atoms with Gasteiger partial charge in [-0.2, -0.15) is 0 Å². The molecule has 1 saturated heterocycles. The lowest BCUT2D eigenvalue weighted by atomic mass is 10.0. The fourth-order valence-corrected chi connectivity index (χ4v) is 2.23. The van der Waals surface area contributed by atoms with E-state index < -0.39 is 11.5 Å². The summed E-state index contributed by atoms with van der Waals surface area (Å²) < 4.78 is 15.6. The van der Waals surface area contributed by atoms with Crippen molar-refractivity contribution in [1.29, 1.82) is 0 Å². The van der Waals surface area contributed by atoms with E-state index in [0.29, 0.717) is 25.4 Å². The van der Waals surface area contributed by atoms with Gasteiger partial charge in [0, 0.05) is 6.61 Å². The molecule has 0 spiro atoms. The van der Waals surface area contributed by atoms with E-state index in [0.717, 1.165) is 0 Å². The maximum absolute atomic E-state index is 12.2. The Morgan fingerprint density at radius 2 is 2.09 bits per heavy atom. The highest BCUT2D eigenvalue weighted by atomic mass is 16.5. The molecule has 1 aromatic rings. The van der Waals surface area contributed by atoms with Gasteiger partial charge in [-0.05, 0) is 25.5 Å². The molecule has 0 aromatic heterocycles. The van der Waals surface area contributed by atoms with Gasteiger partial charge in [0.1, 0.15) is 12.4 Å². The number of ether oxygens (including phenoxy) is 3. The van der Waals surface area contributed by atoms with Crippen LogP contribution >= 0.6 is 0 Å². The minimum Gasteiger partial charge on any atom is -0.491 e. The van der Waals surface area contributed by atoms with E-state index in [-0.39, 0.29) is 18.4 Å². The van der Waals surface area contributed by atoms with E-state index in [4.69, 9.17) is 14.2 Å². The average molecular weight is 307 g/mol. The van der Waals surface area contributed by atoms with Crippen molar-refractivity contribution in [3.8, 4) is 5.75 Å². The van der Waals surface area contributed by atoms with Gasteiger partial charge in [0.05, 0.1) is 19.6 Å². The van der Waals surface area contributed by atoms with Crippen LogP contribution in [0.2, 0.25) is 0 Å². The van der Waals surface area contributed by atoms with Gasteiger partial charge in [-0.25, -0.2) is 4.79 Å². The highest BCUT2D eigenvalue weighted by Crippen LogP contribution is 2.17. The molecule has 0 saturated carbocycles. The number of benzene rings is 1. The Morgan fingerprint density at radius 1 is 1.36 bits per heavy atom. The maximum atomic E-state index is 12.2. The van der Waals surface area contributed by atoms with Crippen LogP contribution in [0.1, 0.15) is 13.3 Å². The second-order valence-corrected chi connectivity index (χ2v) is 5.48. The van der Waals surface area contributed by atoms with Crippen LogP contribution < -0.4 is 10.1 Å². The largest absolute Gasteiger partial charge is 0.491 e. The summed E-state index contributed by atoms with van der Waals surface area (Å²) in [7, 11) is 1.29. The number of carbonyl (C=O) groups excluding carboxylic acids is 2. The third-order valence-electron chi connectivity index (χ3n) is 3.61. The van der Waals surface area contributed by atoms with Crippen molar-refractivity contribution in [2.75, 3.05) is 26.9 Å². The number of para-hydroxylation sites is 1. The van der Waals surface area contributed by atoms with Gasteiger partial charge in [0.15, 0.2) is 5.54 Å². The van der Waals surface area contributed by atoms with Crippen molar-refractivity contribution < 1.29 is 23.8 Å². The van der Waals surface area contributed by atoms with Crippen LogP contribution in [-0.4, -0.2) is 44.3 Å². The van der Waals surface area contributed by atoms with E-state index in [1.165, 1.54) is 7.11 Å². The zero-order chi connectivity index (χ0) is 16.0. The summed E-state index contributed by atoms with van der Waals surface area (Å²) in [5, 5.41) is 2.74. The molecule has 6 nitrogen and oxygen atoms in total. The van der Waals surface area contributed by atoms with Crippen LogP contribution in [0.5, 0.6) is 5.75 Å². The molecule has 120 valence electrons. The molecule has 1 fully saturated rings. The molecule has 1 N–H and O–H groups in total. The Morgan fingerprint density at radius 3 is 2.68 bits per heavy atom. The summed E-state index contributed by atoms with van der Waals surface area (Å²) in [5.74, 6) is -0.380. The zero-order valence-corrected chi connectivity index (χ0v) is 12.8. The Kier molecular flexibility index (Phi) is 5.38.